The van der Waals surface area contributed by atoms with E-state index in [2.05, 4.69) is 0 Å². The van der Waals surface area contributed by atoms with Crippen molar-refractivity contribution in [3.8, 4) is 0 Å². The van der Waals surface area contributed by atoms with Crippen LogP contribution in [0, 0.1) is 5.92 Å². The van der Waals surface area contributed by atoms with Crippen LogP contribution in [-0.2, 0) is 22.2 Å². The van der Waals surface area contributed by atoms with Crippen LogP contribution in [0.25, 0.3) is 0 Å². The number of rotatable bonds is 3. The number of hydrogen-bond acceptors (Lipinski definition) is 2. The van der Waals surface area contributed by atoms with Gasteiger partial charge in [-0.05, 0) is 43.7 Å². The van der Waals surface area contributed by atoms with Gasteiger partial charge in [-0.25, -0.2) is 0 Å². The molecule has 1 aromatic carbocycles. The minimum Gasteiger partial charge on any atom is -0.342 e. The zero-order chi connectivity index (χ0) is 19.4. The predicted octanol–water partition coefficient (Wildman–Crippen LogP) is 3.50. The maximum absolute atomic E-state index is 12.8. The number of likely N-dealkylation sites (tertiary alicyclic amines) is 2. The van der Waals surface area contributed by atoms with Gasteiger partial charge in [0.1, 0.15) is 0 Å². The molecule has 0 saturated carbocycles. The van der Waals surface area contributed by atoms with Crippen molar-refractivity contribution in [3.63, 3.8) is 0 Å². The van der Waals surface area contributed by atoms with Gasteiger partial charge in [0.25, 0.3) is 0 Å². The van der Waals surface area contributed by atoms with Gasteiger partial charge in [0, 0.05) is 32.1 Å². The fourth-order valence-corrected chi connectivity index (χ4v) is 3.89. The van der Waals surface area contributed by atoms with E-state index in [1.165, 1.54) is 12.5 Å². The largest absolute Gasteiger partial charge is 0.416 e. The number of piperidine rings is 2. The van der Waals surface area contributed by atoms with Crippen molar-refractivity contribution in [2.45, 2.75) is 44.7 Å². The third-order valence-electron chi connectivity index (χ3n) is 5.47. The first-order valence-corrected chi connectivity index (χ1v) is 9.57. The number of carbonyl (C=O) groups is 2. The summed E-state index contributed by atoms with van der Waals surface area (Å²) in [5.41, 5.74) is -0.375. The molecule has 0 aliphatic carbocycles. The number of alkyl halides is 3. The molecule has 0 atom stereocenters. The Hall–Kier alpha value is -2.05. The molecule has 1 aromatic rings. The number of amides is 2. The normalized spacial score (nSPS) is 19.2. The van der Waals surface area contributed by atoms with Crippen molar-refractivity contribution >= 4 is 11.8 Å². The van der Waals surface area contributed by atoms with Crippen molar-refractivity contribution < 1.29 is 22.8 Å². The molecule has 27 heavy (non-hydrogen) atoms. The molecule has 2 aliphatic rings. The van der Waals surface area contributed by atoms with Crippen LogP contribution < -0.4 is 0 Å². The lowest BCUT2D eigenvalue weighted by molar-refractivity contribution is -0.141. The van der Waals surface area contributed by atoms with E-state index < -0.39 is 11.7 Å². The van der Waals surface area contributed by atoms with E-state index in [1.807, 2.05) is 4.90 Å². The van der Waals surface area contributed by atoms with Gasteiger partial charge in [-0.1, -0.05) is 18.2 Å². The Morgan fingerprint density at radius 2 is 1.63 bits per heavy atom. The molecule has 0 unspecified atom stereocenters. The first kappa shape index (κ1) is 19.7. The second-order valence-corrected chi connectivity index (χ2v) is 7.42. The Bertz CT molecular complexity index is 676. The van der Waals surface area contributed by atoms with Gasteiger partial charge in [0.05, 0.1) is 12.0 Å². The van der Waals surface area contributed by atoms with Crippen LogP contribution in [0.2, 0.25) is 0 Å². The van der Waals surface area contributed by atoms with E-state index in [4.69, 9.17) is 0 Å². The summed E-state index contributed by atoms with van der Waals surface area (Å²) in [6, 6.07) is 4.91. The first-order valence-electron chi connectivity index (χ1n) is 9.57. The van der Waals surface area contributed by atoms with Crippen LogP contribution in [0.15, 0.2) is 24.3 Å². The molecule has 2 aliphatic heterocycles. The average Bonchev–Trinajstić information content (AvgIpc) is 2.68. The van der Waals surface area contributed by atoms with E-state index in [0.717, 1.165) is 38.1 Å². The lowest BCUT2D eigenvalue weighted by Gasteiger charge is -2.35. The minimum atomic E-state index is -4.41. The molecule has 148 valence electrons. The van der Waals surface area contributed by atoms with Crippen LogP contribution in [-0.4, -0.2) is 47.8 Å². The van der Waals surface area contributed by atoms with Gasteiger partial charge >= 0.3 is 6.18 Å². The number of nitrogens with zero attached hydrogens (tertiary/aromatic N) is 2. The maximum atomic E-state index is 12.8. The molecule has 7 heteroatoms. The third kappa shape index (κ3) is 5.02. The molecule has 0 N–H and O–H groups in total. The van der Waals surface area contributed by atoms with Crippen LogP contribution >= 0.6 is 0 Å². The zero-order valence-corrected chi connectivity index (χ0v) is 15.3. The van der Waals surface area contributed by atoms with Gasteiger partial charge in [-0.3, -0.25) is 9.59 Å². The smallest absolute Gasteiger partial charge is 0.342 e. The predicted molar refractivity (Wildman–Crippen MR) is 94.9 cm³/mol. The van der Waals surface area contributed by atoms with Gasteiger partial charge in [0.2, 0.25) is 11.8 Å². The molecule has 2 fully saturated rings. The molecular weight excluding hydrogens is 357 g/mol. The highest BCUT2D eigenvalue weighted by molar-refractivity contribution is 5.81. The number of hydrogen-bond donors (Lipinski definition) is 0. The summed E-state index contributed by atoms with van der Waals surface area (Å²) in [7, 11) is 0. The van der Waals surface area contributed by atoms with E-state index in [9.17, 15) is 22.8 Å². The topological polar surface area (TPSA) is 40.6 Å². The summed E-state index contributed by atoms with van der Waals surface area (Å²) in [6.07, 6.45) is 0.0839. The summed E-state index contributed by atoms with van der Waals surface area (Å²) in [5, 5.41) is 0. The van der Waals surface area contributed by atoms with Gasteiger partial charge in [-0.15, -0.1) is 0 Å². The highest BCUT2D eigenvalue weighted by atomic mass is 19.4. The Kier molecular flexibility index (Phi) is 6.07. The molecule has 2 saturated heterocycles. The maximum Gasteiger partial charge on any atom is 0.416 e. The van der Waals surface area contributed by atoms with Crippen molar-refractivity contribution in [1.29, 1.82) is 0 Å². The van der Waals surface area contributed by atoms with E-state index >= 15 is 0 Å². The molecular formula is C20H25F3N2O2. The summed E-state index contributed by atoms with van der Waals surface area (Å²) in [6.45, 7) is 2.63. The standard InChI is InChI=1S/C20H25F3N2O2/c21-20(22,23)17-6-4-5-15(13-17)14-18(26)24-11-7-16(8-12-24)19(27)25-9-2-1-3-10-25/h4-6,13,16H,1-3,7-12,14H2. The SMILES string of the molecule is O=C(Cc1cccc(C(F)(F)F)c1)N1CCC(C(=O)N2CCCCC2)CC1. The quantitative estimate of drug-likeness (QED) is 0.803. The van der Waals surface area contributed by atoms with E-state index in [1.54, 1.807) is 11.0 Å². The Morgan fingerprint density at radius 3 is 2.26 bits per heavy atom. The molecule has 0 aromatic heterocycles. The highest BCUT2D eigenvalue weighted by Crippen LogP contribution is 2.30. The number of halogens is 3. The Balaban J connectivity index is 1.52. The highest BCUT2D eigenvalue weighted by Gasteiger charge is 2.32. The number of benzene rings is 1. The van der Waals surface area contributed by atoms with Crippen molar-refractivity contribution in [2.24, 2.45) is 5.92 Å². The van der Waals surface area contributed by atoms with Crippen LogP contribution in [0.3, 0.4) is 0 Å². The van der Waals surface area contributed by atoms with Crippen molar-refractivity contribution in [3.05, 3.63) is 35.4 Å². The minimum absolute atomic E-state index is 0.0410. The lowest BCUT2D eigenvalue weighted by atomic mass is 9.94. The van der Waals surface area contributed by atoms with E-state index in [0.29, 0.717) is 31.5 Å². The molecule has 3 rings (SSSR count). The molecule has 4 nitrogen and oxygen atoms in total. The molecule has 0 spiro atoms. The van der Waals surface area contributed by atoms with Crippen LogP contribution in [0.4, 0.5) is 13.2 Å². The fourth-order valence-electron chi connectivity index (χ4n) is 3.89. The zero-order valence-electron chi connectivity index (χ0n) is 15.3. The first-order chi connectivity index (χ1) is 12.8. The Labute approximate surface area is 157 Å². The molecule has 0 bridgehead atoms. The van der Waals surface area contributed by atoms with Crippen LogP contribution in [0.1, 0.15) is 43.2 Å². The fraction of sp³-hybridized carbons (Fsp3) is 0.600. The number of carbonyl (C=O) groups excluding carboxylic acids is 2. The van der Waals surface area contributed by atoms with Crippen LogP contribution in [0.5, 0.6) is 0 Å². The molecule has 2 amide bonds. The molecule has 0 radical (unpaired) electrons. The average molecular weight is 382 g/mol. The van der Waals surface area contributed by atoms with Crippen molar-refractivity contribution in [1.82, 2.24) is 9.80 Å². The summed E-state index contributed by atoms with van der Waals surface area (Å²) in [4.78, 5) is 28.6. The second-order valence-electron chi connectivity index (χ2n) is 7.42. The summed E-state index contributed by atoms with van der Waals surface area (Å²) in [5.74, 6) is -0.0291. The van der Waals surface area contributed by atoms with Gasteiger partial charge < -0.3 is 9.80 Å². The Morgan fingerprint density at radius 1 is 0.963 bits per heavy atom. The van der Waals surface area contributed by atoms with E-state index in [-0.39, 0.29) is 24.2 Å². The third-order valence-corrected chi connectivity index (χ3v) is 5.47. The second kappa shape index (κ2) is 8.31. The lowest BCUT2D eigenvalue weighted by Crippen LogP contribution is -2.46. The van der Waals surface area contributed by atoms with Crippen molar-refractivity contribution in [2.75, 3.05) is 26.2 Å². The molecule has 2 heterocycles. The van der Waals surface area contributed by atoms with Gasteiger partial charge in [-0.2, -0.15) is 13.2 Å². The summed E-state index contributed by atoms with van der Waals surface area (Å²) < 4.78 is 38.4. The van der Waals surface area contributed by atoms with Gasteiger partial charge in [0.15, 0.2) is 0 Å². The monoisotopic (exact) mass is 382 g/mol. The summed E-state index contributed by atoms with van der Waals surface area (Å²) >= 11 is 0.